The number of thiophene rings is 1. The van der Waals surface area contributed by atoms with Crippen LogP contribution in [0.2, 0.25) is 0 Å². The van der Waals surface area contributed by atoms with Gasteiger partial charge in [0.25, 0.3) is 0 Å². The van der Waals surface area contributed by atoms with Gasteiger partial charge in [0.05, 0.1) is 7.11 Å². The Morgan fingerprint density at radius 1 is 0.939 bits per heavy atom. The Kier molecular flexibility index (Phi) is 6.56. The number of ether oxygens (including phenoxy) is 1. The third kappa shape index (κ3) is 4.73. The molecule has 0 bridgehead atoms. The molecule has 3 nitrogen and oxygen atoms in total. The highest BCUT2D eigenvalue weighted by Crippen LogP contribution is 2.40. The van der Waals surface area contributed by atoms with Gasteiger partial charge in [-0.1, -0.05) is 42.5 Å². The van der Waals surface area contributed by atoms with Crippen LogP contribution >= 0.6 is 11.3 Å². The minimum Gasteiger partial charge on any atom is -0.497 e. The van der Waals surface area contributed by atoms with E-state index in [0.717, 1.165) is 43.8 Å². The van der Waals surface area contributed by atoms with E-state index in [-0.39, 0.29) is 5.78 Å². The Hall–Kier alpha value is -2.95. The monoisotopic (exact) mass is 455 g/mol. The van der Waals surface area contributed by atoms with Gasteiger partial charge in [0.1, 0.15) is 5.75 Å². The second-order valence-electron chi connectivity index (χ2n) is 8.71. The number of hydrogen-bond donors (Lipinski definition) is 0. The SMILES string of the molecule is COc1ccc(-c2sc3ccccc3c2C(=O)c2ccc(CCCN3CCCC3)cc2)cc1. The predicted molar refractivity (Wildman–Crippen MR) is 138 cm³/mol. The number of fused-ring (bicyclic) bond motifs is 1. The van der Waals surface area contributed by atoms with Crippen molar-refractivity contribution in [2.75, 3.05) is 26.7 Å². The van der Waals surface area contributed by atoms with Gasteiger partial charge in [0.2, 0.25) is 0 Å². The molecule has 1 aliphatic heterocycles. The molecule has 0 unspecified atom stereocenters. The van der Waals surface area contributed by atoms with Crippen molar-refractivity contribution >= 4 is 27.2 Å². The van der Waals surface area contributed by atoms with Crippen molar-refractivity contribution in [3.63, 3.8) is 0 Å². The molecule has 33 heavy (non-hydrogen) atoms. The maximum absolute atomic E-state index is 13.7. The summed E-state index contributed by atoms with van der Waals surface area (Å²) >= 11 is 1.67. The summed E-state index contributed by atoms with van der Waals surface area (Å²) in [5, 5.41) is 1.02. The molecule has 168 valence electrons. The van der Waals surface area contributed by atoms with Gasteiger partial charge in [-0.25, -0.2) is 0 Å². The van der Waals surface area contributed by atoms with E-state index in [1.54, 1.807) is 18.4 Å². The molecule has 1 aliphatic rings. The topological polar surface area (TPSA) is 29.5 Å². The van der Waals surface area contributed by atoms with Crippen molar-refractivity contribution < 1.29 is 9.53 Å². The molecule has 0 spiro atoms. The Bertz CT molecular complexity index is 1240. The van der Waals surface area contributed by atoms with Crippen LogP contribution in [0.25, 0.3) is 20.5 Å². The molecule has 2 heterocycles. The maximum atomic E-state index is 13.7. The first-order valence-electron chi connectivity index (χ1n) is 11.7. The molecule has 1 saturated heterocycles. The number of rotatable bonds is 8. The van der Waals surface area contributed by atoms with Crippen molar-refractivity contribution in [1.29, 1.82) is 0 Å². The summed E-state index contributed by atoms with van der Waals surface area (Å²) in [4.78, 5) is 17.3. The minimum atomic E-state index is 0.0851. The van der Waals surface area contributed by atoms with Crippen LogP contribution in [0.5, 0.6) is 5.75 Å². The average Bonchev–Trinajstić information content (AvgIpc) is 3.52. The number of carbonyl (C=O) groups is 1. The smallest absolute Gasteiger partial charge is 0.195 e. The van der Waals surface area contributed by atoms with E-state index in [4.69, 9.17) is 4.74 Å². The number of nitrogens with zero attached hydrogens (tertiary/aromatic N) is 1. The molecule has 4 aromatic rings. The summed E-state index contributed by atoms with van der Waals surface area (Å²) < 4.78 is 6.44. The maximum Gasteiger partial charge on any atom is 0.195 e. The summed E-state index contributed by atoms with van der Waals surface area (Å²) in [5.74, 6) is 0.898. The van der Waals surface area contributed by atoms with Crippen molar-refractivity contribution in [1.82, 2.24) is 4.90 Å². The van der Waals surface area contributed by atoms with Crippen LogP contribution in [0.15, 0.2) is 72.8 Å². The fourth-order valence-electron chi connectivity index (χ4n) is 4.70. The van der Waals surface area contributed by atoms with Crippen LogP contribution in [-0.2, 0) is 6.42 Å². The molecule has 0 aliphatic carbocycles. The van der Waals surface area contributed by atoms with Gasteiger partial charge >= 0.3 is 0 Å². The third-order valence-corrected chi connectivity index (χ3v) is 7.75. The first-order valence-corrected chi connectivity index (χ1v) is 12.6. The molecule has 5 rings (SSSR count). The normalized spacial score (nSPS) is 14.1. The standard InChI is InChI=1S/C29H29NO2S/c1-32-24-16-14-23(15-17-24)29-27(25-8-2-3-9-26(25)33-29)28(31)22-12-10-21(11-13-22)7-6-20-30-18-4-5-19-30/h2-3,8-17H,4-7,18-20H2,1H3. The van der Waals surface area contributed by atoms with Gasteiger partial charge in [-0.15, -0.1) is 11.3 Å². The fraction of sp³-hybridized carbons (Fsp3) is 0.276. The zero-order valence-corrected chi connectivity index (χ0v) is 19.9. The lowest BCUT2D eigenvalue weighted by Crippen LogP contribution is -2.20. The van der Waals surface area contributed by atoms with E-state index in [1.807, 2.05) is 48.5 Å². The Labute approximate surface area is 199 Å². The number of aryl methyl sites for hydroxylation is 1. The lowest BCUT2D eigenvalue weighted by molar-refractivity contribution is 0.104. The summed E-state index contributed by atoms with van der Waals surface area (Å²) in [5.41, 5.74) is 3.88. The van der Waals surface area contributed by atoms with Crippen molar-refractivity contribution in [2.24, 2.45) is 0 Å². The summed E-state index contributed by atoms with van der Waals surface area (Å²) in [6, 6.07) is 24.4. The molecule has 0 amide bonds. The average molecular weight is 456 g/mol. The Morgan fingerprint density at radius 3 is 2.39 bits per heavy atom. The molecule has 0 atom stereocenters. The second-order valence-corrected chi connectivity index (χ2v) is 9.76. The molecule has 0 radical (unpaired) electrons. The third-order valence-electron chi connectivity index (χ3n) is 6.53. The van der Waals surface area contributed by atoms with Crippen LogP contribution in [0, 0.1) is 0 Å². The van der Waals surface area contributed by atoms with Gasteiger partial charge in [-0.2, -0.15) is 0 Å². The van der Waals surface area contributed by atoms with Gasteiger partial charge in [0, 0.05) is 26.1 Å². The van der Waals surface area contributed by atoms with E-state index in [2.05, 4.69) is 29.2 Å². The quantitative estimate of drug-likeness (QED) is 0.273. The first kappa shape index (κ1) is 21.9. The van der Waals surface area contributed by atoms with E-state index in [1.165, 1.54) is 44.5 Å². The van der Waals surface area contributed by atoms with Crippen LogP contribution in [0.4, 0.5) is 0 Å². The highest BCUT2D eigenvalue weighted by Gasteiger charge is 2.21. The molecule has 1 fully saturated rings. The molecule has 1 aromatic heterocycles. The number of ketones is 1. The molecule has 4 heteroatoms. The van der Waals surface area contributed by atoms with Crippen molar-refractivity contribution in [3.8, 4) is 16.2 Å². The summed E-state index contributed by atoms with van der Waals surface area (Å²) in [7, 11) is 1.67. The van der Waals surface area contributed by atoms with Crippen LogP contribution in [-0.4, -0.2) is 37.4 Å². The molecular weight excluding hydrogens is 426 g/mol. The Morgan fingerprint density at radius 2 is 1.67 bits per heavy atom. The lowest BCUT2D eigenvalue weighted by Gasteiger charge is -2.14. The summed E-state index contributed by atoms with van der Waals surface area (Å²) in [6.45, 7) is 3.67. The lowest BCUT2D eigenvalue weighted by atomic mass is 9.96. The largest absolute Gasteiger partial charge is 0.497 e. The minimum absolute atomic E-state index is 0.0851. The second kappa shape index (κ2) is 9.90. The van der Waals surface area contributed by atoms with Gasteiger partial charge in [-0.3, -0.25) is 4.79 Å². The number of likely N-dealkylation sites (tertiary alicyclic amines) is 1. The van der Waals surface area contributed by atoms with E-state index in [9.17, 15) is 4.79 Å². The molecular formula is C29H29NO2S. The number of methoxy groups -OCH3 is 1. The predicted octanol–water partition coefficient (Wildman–Crippen LogP) is 6.84. The van der Waals surface area contributed by atoms with Gasteiger partial charge in [-0.05, 0) is 86.8 Å². The fourth-order valence-corrected chi connectivity index (χ4v) is 5.90. The van der Waals surface area contributed by atoms with Crippen LogP contribution in [0.3, 0.4) is 0 Å². The van der Waals surface area contributed by atoms with Crippen LogP contribution < -0.4 is 4.74 Å². The number of carbonyl (C=O) groups excluding carboxylic acids is 1. The highest BCUT2D eigenvalue weighted by atomic mass is 32.1. The Balaban J connectivity index is 1.40. The van der Waals surface area contributed by atoms with Crippen LogP contribution in [0.1, 0.15) is 40.7 Å². The molecule has 0 saturated carbocycles. The highest BCUT2D eigenvalue weighted by molar-refractivity contribution is 7.22. The van der Waals surface area contributed by atoms with Crippen molar-refractivity contribution in [2.45, 2.75) is 25.7 Å². The van der Waals surface area contributed by atoms with E-state index >= 15 is 0 Å². The number of hydrogen-bond acceptors (Lipinski definition) is 4. The molecule has 3 aromatic carbocycles. The first-order chi connectivity index (χ1) is 16.2. The van der Waals surface area contributed by atoms with Gasteiger partial charge in [0.15, 0.2) is 5.78 Å². The zero-order chi connectivity index (χ0) is 22.6. The summed E-state index contributed by atoms with van der Waals surface area (Å²) in [6.07, 6.45) is 4.91. The van der Waals surface area contributed by atoms with E-state index < -0.39 is 0 Å². The number of benzene rings is 3. The zero-order valence-electron chi connectivity index (χ0n) is 19.0. The van der Waals surface area contributed by atoms with E-state index in [0.29, 0.717) is 0 Å². The molecule has 0 N–H and O–H groups in total. The van der Waals surface area contributed by atoms with Crippen molar-refractivity contribution in [3.05, 3.63) is 89.5 Å². The van der Waals surface area contributed by atoms with Gasteiger partial charge < -0.3 is 9.64 Å².